The minimum atomic E-state index is -1.28. The highest BCUT2D eigenvalue weighted by Crippen LogP contribution is 2.06. The van der Waals surface area contributed by atoms with Crippen LogP contribution in [0.4, 0.5) is 0 Å². The zero-order chi connectivity index (χ0) is 8.97. The summed E-state index contributed by atoms with van der Waals surface area (Å²) in [7, 11) is 0. The van der Waals surface area contributed by atoms with Crippen molar-refractivity contribution in [1.29, 1.82) is 0 Å². The van der Waals surface area contributed by atoms with Crippen molar-refractivity contribution in [2.24, 2.45) is 0 Å². The molecule has 0 amide bonds. The number of carboxylic acids is 1. The number of rotatable bonds is 1. The minimum absolute atomic E-state index is 0.0612. The van der Waals surface area contributed by atoms with Crippen molar-refractivity contribution in [2.45, 2.75) is 0 Å². The van der Waals surface area contributed by atoms with Gasteiger partial charge in [0, 0.05) is 5.38 Å². The minimum Gasteiger partial charge on any atom is -0.542 e. The van der Waals surface area contributed by atoms with Gasteiger partial charge in [-0.05, 0) is 5.92 Å². The lowest BCUT2D eigenvalue weighted by Crippen LogP contribution is -2.21. The number of carbonyl (C=O) groups is 1. The summed E-state index contributed by atoms with van der Waals surface area (Å²) in [4.78, 5) is 13.9. The Morgan fingerprint density at radius 2 is 2.58 bits per heavy atom. The summed E-state index contributed by atoms with van der Waals surface area (Å²) in [5, 5.41) is 11.7. The van der Waals surface area contributed by atoms with Crippen LogP contribution in [0.1, 0.15) is 15.5 Å². The lowest BCUT2D eigenvalue weighted by Gasteiger charge is -1.90. The highest BCUT2D eigenvalue weighted by atomic mass is 35.5. The topological polar surface area (TPSA) is 53.0 Å². The van der Waals surface area contributed by atoms with E-state index < -0.39 is 5.97 Å². The Labute approximate surface area is 78.0 Å². The van der Waals surface area contributed by atoms with Gasteiger partial charge in [0.1, 0.15) is 16.7 Å². The second kappa shape index (κ2) is 4.10. The van der Waals surface area contributed by atoms with E-state index >= 15 is 0 Å². The summed E-state index contributed by atoms with van der Waals surface area (Å²) >= 11 is 6.28. The second-order valence-electron chi connectivity index (χ2n) is 1.76. The Balaban J connectivity index is 2.84. The molecule has 5 heteroatoms. The van der Waals surface area contributed by atoms with Gasteiger partial charge in [0.25, 0.3) is 0 Å². The fraction of sp³-hybridized carbons (Fsp3) is 0.143. The molecular weight excluding hydrogens is 198 g/mol. The maximum Gasteiger partial charge on any atom is 0.140 e. The van der Waals surface area contributed by atoms with Gasteiger partial charge in [0.2, 0.25) is 0 Å². The van der Waals surface area contributed by atoms with Crippen molar-refractivity contribution in [1.82, 2.24) is 4.98 Å². The second-order valence-corrected chi connectivity index (χ2v) is 2.89. The molecule has 0 spiro atoms. The van der Waals surface area contributed by atoms with Crippen LogP contribution >= 0.6 is 22.9 Å². The number of thiazole rings is 1. The first-order valence-electron chi connectivity index (χ1n) is 2.95. The highest BCUT2D eigenvalue weighted by Gasteiger charge is 1.98. The van der Waals surface area contributed by atoms with E-state index in [1.807, 2.05) is 0 Å². The lowest BCUT2D eigenvalue weighted by atomic mass is 10.5. The van der Waals surface area contributed by atoms with E-state index in [9.17, 15) is 9.90 Å². The quantitative estimate of drug-likeness (QED) is 0.477. The van der Waals surface area contributed by atoms with Gasteiger partial charge in [0.05, 0.1) is 5.88 Å². The fourth-order valence-electron chi connectivity index (χ4n) is 0.549. The standard InChI is InChI=1S/C7H4ClNO2S/c8-3-1-2-5-4-12-6(9-5)7(10)11/h4H,3H2,(H,10,11)/p-1. The number of hydrogen-bond donors (Lipinski definition) is 0. The van der Waals surface area contributed by atoms with E-state index in [-0.39, 0.29) is 10.9 Å². The van der Waals surface area contributed by atoms with E-state index in [0.29, 0.717) is 5.69 Å². The molecule has 0 N–H and O–H groups in total. The van der Waals surface area contributed by atoms with Gasteiger partial charge in [-0.15, -0.1) is 22.9 Å². The van der Waals surface area contributed by atoms with Crippen LogP contribution in [0.5, 0.6) is 0 Å². The number of carbonyl (C=O) groups excluding carboxylic acids is 1. The van der Waals surface area contributed by atoms with Gasteiger partial charge in [-0.1, -0.05) is 5.92 Å². The van der Waals surface area contributed by atoms with E-state index in [1.54, 1.807) is 5.38 Å². The van der Waals surface area contributed by atoms with Crippen LogP contribution in [0.25, 0.3) is 0 Å². The first kappa shape index (κ1) is 9.04. The smallest absolute Gasteiger partial charge is 0.140 e. The molecule has 0 aromatic carbocycles. The number of hydrogen-bond acceptors (Lipinski definition) is 4. The molecule has 0 saturated carbocycles. The predicted octanol–water partition coefficient (Wildman–Crippen LogP) is 0.0969. The molecule has 0 bridgehead atoms. The Bertz CT molecular complexity index is 350. The van der Waals surface area contributed by atoms with Gasteiger partial charge in [-0.3, -0.25) is 0 Å². The first-order chi connectivity index (χ1) is 5.74. The molecule has 0 aliphatic rings. The molecule has 0 unspecified atom stereocenters. The lowest BCUT2D eigenvalue weighted by molar-refractivity contribution is -0.255. The van der Waals surface area contributed by atoms with Crippen molar-refractivity contribution >= 4 is 28.9 Å². The third-order valence-corrected chi connectivity index (χ3v) is 1.92. The highest BCUT2D eigenvalue weighted by molar-refractivity contribution is 7.11. The summed E-state index contributed by atoms with van der Waals surface area (Å²) in [5.74, 6) is 4.09. The average Bonchev–Trinajstić information content (AvgIpc) is 2.48. The molecule has 12 heavy (non-hydrogen) atoms. The summed E-state index contributed by atoms with van der Waals surface area (Å²) in [6, 6.07) is 0. The van der Waals surface area contributed by atoms with Crippen molar-refractivity contribution < 1.29 is 9.90 Å². The molecule has 0 atom stereocenters. The summed E-state index contributed by atoms with van der Waals surface area (Å²) in [6.45, 7) is 0. The molecule has 0 aliphatic heterocycles. The molecule has 3 nitrogen and oxygen atoms in total. The van der Waals surface area contributed by atoms with Gasteiger partial charge < -0.3 is 9.90 Å². The Hall–Kier alpha value is -1.05. The summed E-state index contributed by atoms with van der Waals surface area (Å²) in [6.07, 6.45) is 0. The fourth-order valence-corrected chi connectivity index (χ4v) is 1.20. The molecule has 0 radical (unpaired) electrons. The van der Waals surface area contributed by atoms with Crippen LogP contribution in [-0.4, -0.2) is 16.8 Å². The van der Waals surface area contributed by atoms with Crippen LogP contribution in [0.2, 0.25) is 0 Å². The number of aromatic carboxylic acids is 1. The molecule has 0 aliphatic carbocycles. The van der Waals surface area contributed by atoms with E-state index in [0.717, 1.165) is 11.3 Å². The van der Waals surface area contributed by atoms with Crippen LogP contribution in [-0.2, 0) is 0 Å². The number of aromatic nitrogens is 1. The molecule has 0 fully saturated rings. The van der Waals surface area contributed by atoms with Gasteiger partial charge in [0.15, 0.2) is 0 Å². The zero-order valence-corrected chi connectivity index (χ0v) is 7.41. The average molecular weight is 201 g/mol. The normalized spacial score (nSPS) is 8.75. The van der Waals surface area contributed by atoms with E-state index in [1.165, 1.54) is 0 Å². The van der Waals surface area contributed by atoms with Crippen LogP contribution < -0.4 is 5.11 Å². The van der Waals surface area contributed by atoms with Crippen LogP contribution in [0, 0.1) is 11.8 Å². The van der Waals surface area contributed by atoms with Gasteiger partial charge >= 0.3 is 0 Å². The number of alkyl halides is 1. The largest absolute Gasteiger partial charge is 0.542 e. The van der Waals surface area contributed by atoms with Crippen LogP contribution in [0.15, 0.2) is 5.38 Å². The maximum atomic E-state index is 10.3. The molecule has 1 aromatic rings. The number of halogens is 1. The predicted molar refractivity (Wildman–Crippen MR) is 44.0 cm³/mol. The molecule has 1 rings (SSSR count). The third kappa shape index (κ3) is 2.22. The Morgan fingerprint density at radius 1 is 1.83 bits per heavy atom. The van der Waals surface area contributed by atoms with Gasteiger partial charge in [-0.25, -0.2) is 4.98 Å². The number of carboxylic acid groups (broad SMARTS) is 1. The summed E-state index contributed by atoms with van der Waals surface area (Å²) < 4.78 is 0. The molecule has 62 valence electrons. The molecule has 1 aromatic heterocycles. The van der Waals surface area contributed by atoms with Crippen molar-refractivity contribution in [3.05, 3.63) is 16.1 Å². The Kier molecular flexibility index (Phi) is 3.09. The molecule has 0 saturated heterocycles. The van der Waals surface area contributed by atoms with E-state index in [4.69, 9.17) is 11.6 Å². The maximum absolute atomic E-state index is 10.3. The zero-order valence-electron chi connectivity index (χ0n) is 5.83. The summed E-state index contributed by atoms with van der Waals surface area (Å²) in [5.41, 5.74) is 0.417. The number of nitrogens with zero attached hydrogens (tertiary/aromatic N) is 1. The SMILES string of the molecule is O=C([O-])c1nc(C#CCCl)cs1. The van der Waals surface area contributed by atoms with Crippen molar-refractivity contribution in [3.63, 3.8) is 0 Å². The molecular formula is C7H3ClNO2S-. The van der Waals surface area contributed by atoms with E-state index in [2.05, 4.69) is 16.8 Å². The monoisotopic (exact) mass is 200 g/mol. The Morgan fingerprint density at radius 3 is 3.08 bits per heavy atom. The third-order valence-electron chi connectivity index (χ3n) is 0.962. The van der Waals surface area contributed by atoms with Crippen molar-refractivity contribution in [2.75, 3.05) is 5.88 Å². The van der Waals surface area contributed by atoms with Gasteiger partial charge in [-0.2, -0.15) is 0 Å². The van der Waals surface area contributed by atoms with Crippen LogP contribution in [0.3, 0.4) is 0 Å². The first-order valence-corrected chi connectivity index (χ1v) is 4.37. The molecule has 1 heterocycles. The van der Waals surface area contributed by atoms with Crippen molar-refractivity contribution in [3.8, 4) is 11.8 Å².